The Bertz CT molecular complexity index is 784. The molecule has 0 radical (unpaired) electrons. The number of carbonyl (C=O) groups is 1. The normalized spacial score (nSPS) is 16.6. The maximum atomic E-state index is 13.0. The highest BCUT2D eigenvalue weighted by Crippen LogP contribution is 2.36. The molecule has 0 spiro atoms. The number of thiocarbonyl (C=S) groups is 1. The summed E-state index contributed by atoms with van der Waals surface area (Å²) in [6, 6.07) is 13.6. The largest absolute Gasteiger partial charge is 0.270 e. The lowest BCUT2D eigenvalue weighted by Crippen LogP contribution is -2.27. The van der Waals surface area contributed by atoms with Crippen molar-refractivity contribution >= 4 is 46.0 Å². The van der Waals surface area contributed by atoms with Crippen molar-refractivity contribution in [1.82, 2.24) is 0 Å². The molecule has 0 saturated carbocycles. The van der Waals surface area contributed by atoms with E-state index in [1.807, 2.05) is 37.3 Å². The van der Waals surface area contributed by atoms with Gasteiger partial charge in [0.15, 0.2) is 4.32 Å². The van der Waals surface area contributed by atoms with E-state index in [-0.39, 0.29) is 11.7 Å². The molecule has 0 aliphatic carbocycles. The molecule has 0 N–H and O–H groups in total. The van der Waals surface area contributed by atoms with Gasteiger partial charge in [0, 0.05) is 0 Å². The molecule has 0 aromatic heterocycles. The van der Waals surface area contributed by atoms with Crippen molar-refractivity contribution in [3.05, 3.63) is 70.4 Å². The summed E-state index contributed by atoms with van der Waals surface area (Å²) in [7, 11) is 0. The molecule has 2 nitrogen and oxygen atoms in total. The fourth-order valence-electron chi connectivity index (χ4n) is 2.17. The third-order valence-corrected chi connectivity index (χ3v) is 4.66. The Morgan fingerprint density at radius 2 is 1.82 bits per heavy atom. The van der Waals surface area contributed by atoms with Gasteiger partial charge in [-0.25, -0.2) is 4.39 Å². The molecule has 1 heterocycles. The van der Waals surface area contributed by atoms with Crippen molar-refractivity contribution in [2.75, 3.05) is 4.90 Å². The van der Waals surface area contributed by atoms with Crippen LogP contribution in [0.25, 0.3) is 6.08 Å². The summed E-state index contributed by atoms with van der Waals surface area (Å²) in [5.74, 6) is -0.519. The molecular formula is C17H12FNOS2. The van der Waals surface area contributed by atoms with Crippen LogP contribution >= 0.6 is 24.0 Å². The van der Waals surface area contributed by atoms with Crippen LogP contribution in [0.3, 0.4) is 0 Å². The van der Waals surface area contributed by atoms with Crippen molar-refractivity contribution < 1.29 is 9.18 Å². The van der Waals surface area contributed by atoms with Gasteiger partial charge in [0.1, 0.15) is 5.82 Å². The predicted molar refractivity (Wildman–Crippen MR) is 93.2 cm³/mol. The average Bonchev–Trinajstić information content (AvgIpc) is 2.77. The second kappa shape index (κ2) is 6.02. The molecule has 2 aromatic rings. The Labute approximate surface area is 137 Å². The van der Waals surface area contributed by atoms with E-state index < -0.39 is 0 Å². The number of halogens is 1. The molecular weight excluding hydrogens is 317 g/mol. The van der Waals surface area contributed by atoms with Gasteiger partial charge in [-0.2, -0.15) is 0 Å². The first-order valence-electron chi connectivity index (χ1n) is 6.65. The van der Waals surface area contributed by atoms with Crippen molar-refractivity contribution in [2.45, 2.75) is 6.92 Å². The number of aryl methyl sites for hydroxylation is 1. The van der Waals surface area contributed by atoms with E-state index in [0.29, 0.717) is 14.9 Å². The number of carbonyl (C=O) groups excluding carboxylic acids is 1. The van der Waals surface area contributed by atoms with Crippen LogP contribution in [0, 0.1) is 12.7 Å². The number of rotatable bonds is 2. The second-order valence-corrected chi connectivity index (χ2v) is 6.53. The average molecular weight is 329 g/mol. The first-order chi connectivity index (χ1) is 10.6. The van der Waals surface area contributed by atoms with Gasteiger partial charge in [0.05, 0.1) is 10.6 Å². The van der Waals surface area contributed by atoms with E-state index in [1.165, 1.54) is 28.8 Å². The molecule has 110 valence electrons. The Morgan fingerprint density at radius 1 is 1.14 bits per heavy atom. The highest BCUT2D eigenvalue weighted by molar-refractivity contribution is 8.27. The highest BCUT2D eigenvalue weighted by atomic mass is 32.2. The summed E-state index contributed by atoms with van der Waals surface area (Å²) in [5.41, 5.74) is 2.66. The maximum absolute atomic E-state index is 13.0. The van der Waals surface area contributed by atoms with Crippen molar-refractivity contribution in [3.8, 4) is 0 Å². The third kappa shape index (κ3) is 2.82. The quantitative estimate of drug-likeness (QED) is 0.596. The molecule has 1 fully saturated rings. The molecule has 22 heavy (non-hydrogen) atoms. The van der Waals surface area contributed by atoms with Crippen LogP contribution in [0.1, 0.15) is 11.1 Å². The maximum Gasteiger partial charge on any atom is 0.270 e. The molecule has 1 aliphatic heterocycles. The van der Waals surface area contributed by atoms with Crippen molar-refractivity contribution in [2.24, 2.45) is 0 Å². The second-order valence-electron chi connectivity index (χ2n) is 4.85. The SMILES string of the molecule is Cc1ccccc1/C=C1\SC(=S)N(c2ccc(F)cc2)C1=O. The van der Waals surface area contributed by atoms with E-state index in [2.05, 4.69) is 0 Å². The number of benzene rings is 2. The van der Waals surface area contributed by atoms with E-state index in [4.69, 9.17) is 12.2 Å². The van der Waals surface area contributed by atoms with E-state index in [1.54, 1.807) is 12.1 Å². The number of nitrogens with zero attached hydrogens (tertiary/aromatic N) is 1. The third-order valence-electron chi connectivity index (χ3n) is 3.35. The summed E-state index contributed by atoms with van der Waals surface area (Å²) in [6.45, 7) is 1.99. The van der Waals surface area contributed by atoms with E-state index in [0.717, 1.165) is 11.1 Å². The van der Waals surface area contributed by atoms with Gasteiger partial charge in [-0.15, -0.1) is 0 Å². The number of thioether (sulfide) groups is 1. The van der Waals surface area contributed by atoms with Crippen LogP contribution in [0.5, 0.6) is 0 Å². The molecule has 2 aromatic carbocycles. The molecule has 1 amide bonds. The molecule has 1 saturated heterocycles. The number of amides is 1. The Balaban J connectivity index is 1.95. The first-order valence-corrected chi connectivity index (χ1v) is 7.88. The van der Waals surface area contributed by atoms with Crippen LogP contribution in [0.2, 0.25) is 0 Å². The molecule has 1 aliphatic rings. The highest BCUT2D eigenvalue weighted by Gasteiger charge is 2.33. The van der Waals surface area contributed by atoms with Gasteiger partial charge in [-0.05, 0) is 48.4 Å². The molecule has 0 bridgehead atoms. The van der Waals surface area contributed by atoms with E-state index in [9.17, 15) is 9.18 Å². The van der Waals surface area contributed by atoms with Crippen LogP contribution in [-0.2, 0) is 4.79 Å². The van der Waals surface area contributed by atoms with E-state index >= 15 is 0 Å². The Hall–Kier alpha value is -1.98. The van der Waals surface area contributed by atoms with Crippen molar-refractivity contribution in [3.63, 3.8) is 0 Å². The Kier molecular flexibility index (Phi) is 4.09. The van der Waals surface area contributed by atoms with Gasteiger partial charge in [-0.1, -0.05) is 48.2 Å². The number of anilines is 1. The smallest absolute Gasteiger partial charge is 0.268 e. The summed E-state index contributed by atoms with van der Waals surface area (Å²) >= 11 is 6.55. The monoisotopic (exact) mass is 329 g/mol. The standard InChI is InChI=1S/C17H12FNOS2/c1-11-4-2-3-5-12(11)10-15-16(20)19(17(21)22-15)14-8-6-13(18)7-9-14/h2-10H,1H3/b15-10-. The lowest BCUT2D eigenvalue weighted by molar-refractivity contribution is -0.113. The van der Waals surface area contributed by atoms with Gasteiger partial charge >= 0.3 is 0 Å². The fraction of sp³-hybridized carbons (Fsp3) is 0.0588. The Morgan fingerprint density at radius 3 is 2.50 bits per heavy atom. The topological polar surface area (TPSA) is 20.3 Å². The molecule has 0 atom stereocenters. The zero-order valence-electron chi connectivity index (χ0n) is 11.7. The first kappa shape index (κ1) is 14.9. The van der Waals surface area contributed by atoms with Gasteiger partial charge < -0.3 is 0 Å². The van der Waals surface area contributed by atoms with Gasteiger partial charge in [0.25, 0.3) is 5.91 Å². The minimum atomic E-state index is -0.343. The molecule has 3 rings (SSSR count). The summed E-state index contributed by atoms with van der Waals surface area (Å²) < 4.78 is 13.5. The zero-order chi connectivity index (χ0) is 15.7. The minimum Gasteiger partial charge on any atom is -0.268 e. The van der Waals surface area contributed by atoms with Gasteiger partial charge in [-0.3, -0.25) is 9.69 Å². The van der Waals surface area contributed by atoms with Crippen LogP contribution in [-0.4, -0.2) is 10.2 Å². The van der Waals surface area contributed by atoms with Crippen LogP contribution in [0.15, 0.2) is 53.4 Å². The number of hydrogen-bond acceptors (Lipinski definition) is 3. The molecule has 0 unspecified atom stereocenters. The predicted octanol–water partition coefficient (Wildman–Crippen LogP) is 4.54. The summed E-state index contributed by atoms with van der Waals surface area (Å²) in [5, 5.41) is 0. The van der Waals surface area contributed by atoms with Crippen LogP contribution < -0.4 is 4.90 Å². The zero-order valence-corrected chi connectivity index (χ0v) is 13.4. The fourth-order valence-corrected chi connectivity index (χ4v) is 3.46. The van der Waals surface area contributed by atoms with Crippen molar-refractivity contribution in [1.29, 1.82) is 0 Å². The summed E-state index contributed by atoms with van der Waals surface area (Å²) in [6.07, 6.45) is 1.85. The van der Waals surface area contributed by atoms with Crippen LogP contribution in [0.4, 0.5) is 10.1 Å². The lowest BCUT2D eigenvalue weighted by Gasteiger charge is -2.14. The number of hydrogen-bond donors (Lipinski definition) is 0. The van der Waals surface area contributed by atoms with Gasteiger partial charge in [0.2, 0.25) is 0 Å². The summed E-state index contributed by atoms with van der Waals surface area (Å²) in [4.78, 5) is 14.6. The minimum absolute atomic E-state index is 0.176. The lowest BCUT2D eigenvalue weighted by atomic mass is 10.1. The molecule has 5 heteroatoms.